The van der Waals surface area contributed by atoms with E-state index in [1.54, 1.807) is 18.9 Å². The second-order valence-electron chi connectivity index (χ2n) is 5.21. The maximum Gasteiger partial charge on any atom is 0.239 e. The van der Waals surface area contributed by atoms with Gasteiger partial charge in [0, 0.05) is 25.1 Å². The summed E-state index contributed by atoms with van der Waals surface area (Å²) in [6, 6.07) is 6.36. The zero-order chi connectivity index (χ0) is 17.8. The smallest absolute Gasteiger partial charge is 0.239 e. The van der Waals surface area contributed by atoms with Gasteiger partial charge in [-0.1, -0.05) is 12.1 Å². The molecule has 0 fully saturated rings. The summed E-state index contributed by atoms with van der Waals surface area (Å²) in [5.41, 5.74) is 2.42. The van der Waals surface area contributed by atoms with Crippen molar-refractivity contribution in [1.29, 1.82) is 0 Å². The van der Waals surface area contributed by atoms with Crippen molar-refractivity contribution in [3.8, 4) is 0 Å². The quantitative estimate of drug-likeness (QED) is 0.272. The molecule has 6 nitrogen and oxygen atoms in total. The van der Waals surface area contributed by atoms with Crippen LogP contribution in [0.2, 0.25) is 0 Å². The largest absolute Gasteiger partial charge is 0.383 e. The number of guanidine groups is 1. The highest BCUT2D eigenvalue weighted by molar-refractivity contribution is 7.98. The maximum atomic E-state index is 11.7. The summed E-state index contributed by atoms with van der Waals surface area (Å²) in [7, 11) is 1.61. The molecule has 134 valence electrons. The first-order chi connectivity index (χ1) is 11.6. The fraction of sp³-hybridized carbons (Fsp3) is 0.529. The highest BCUT2D eigenvalue weighted by Gasteiger charge is 2.05. The Hall–Kier alpha value is -1.73. The summed E-state index contributed by atoms with van der Waals surface area (Å²) in [5.74, 6) is 0.546. The summed E-state index contributed by atoms with van der Waals surface area (Å²) in [6.45, 7) is 6.57. The van der Waals surface area contributed by atoms with Gasteiger partial charge in [-0.05, 0) is 37.3 Å². The predicted octanol–water partition coefficient (Wildman–Crippen LogP) is 1.53. The lowest BCUT2D eigenvalue weighted by molar-refractivity contribution is -0.120. The van der Waals surface area contributed by atoms with Crippen LogP contribution in [-0.4, -0.2) is 51.5 Å². The van der Waals surface area contributed by atoms with E-state index in [1.807, 2.05) is 6.92 Å². The molecule has 0 aliphatic rings. The number of ether oxygens (including phenoxy) is 1. The van der Waals surface area contributed by atoms with Gasteiger partial charge in [-0.2, -0.15) is 0 Å². The predicted molar refractivity (Wildman–Crippen MR) is 101 cm³/mol. The van der Waals surface area contributed by atoms with Crippen molar-refractivity contribution in [3.63, 3.8) is 0 Å². The Morgan fingerprint density at radius 2 is 2.08 bits per heavy atom. The van der Waals surface area contributed by atoms with E-state index in [0.29, 0.717) is 25.7 Å². The number of methoxy groups -OCH3 is 1. The molecule has 1 amide bonds. The molecule has 0 bridgehead atoms. The molecule has 24 heavy (non-hydrogen) atoms. The normalized spacial score (nSPS) is 11.2. The number of thioether (sulfide) groups is 1. The topological polar surface area (TPSA) is 74.8 Å². The van der Waals surface area contributed by atoms with Crippen LogP contribution < -0.4 is 16.0 Å². The number of hydrogen-bond acceptors (Lipinski definition) is 4. The second kappa shape index (κ2) is 11.8. The number of rotatable bonds is 9. The van der Waals surface area contributed by atoms with Gasteiger partial charge in [-0.15, -0.1) is 11.8 Å². The molecule has 1 rings (SSSR count). The van der Waals surface area contributed by atoms with E-state index in [0.717, 1.165) is 6.54 Å². The number of aryl methyl sites for hydroxylation is 1. The van der Waals surface area contributed by atoms with Crippen molar-refractivity contribution < 1.29 is 9.53 Å². The Morgan fingerprint density at radius 3 is 2.75 bits per heavy atom. The molecule has 0 atom stereocenters. The standard InChI is InChI=1S/C17H28N4O2S/c1-5-18-17(21-12-16(22)19-8-9-23-3)20-11-14-7-6-13(2)10-15(14)24-4/h6-7,10H,5,8-9,11-12H2,1-4H3,(H,19,22)(H2,18,20,21). The van der Waals surface area contributed by atoms with E-state index in [2.05, 4.69) is 52.3 Å². The van der Waals surface area contributed by atoms with Gasteiger partial charge in [-0.25, -0.2) is 4.99 Å². The highest BCUT2D eigenvalue weighted by atomic mass is 32.2. The number of hydrogen-bond donors (Lipinski definition) is 3. The fourth-order valence-corrected chi connectivity index (χ4v) is 2.71. The SMILES string of the molecule is CCNC(=NCc1ccc(C)cc1SC)NCC(=O)NCCOC. The minimum absolute atomic E-state index is 0.0854. The van der Waals surface area contributed by atoms with Crippen LogP contribution in [0.3, 0.4) is 0 Å². The third kappa shape index (κ3) is 7.70. The Morgan fingerprint density at radius 1 is 1.29 bits per heavy atom. The molecule has 0 aliphatic carbocycles. The molecule has 0 saturated heterocycles. The van der Waals surface area contributed by atoms with Gasteiger partial charge in [0.25, 0.3) is 0 Å². The maximum absolute atomic E-state index is 11.7. The van der Waals surface area contributed by atoms with Gasteiger partial charge in [0.2, 0.25) is 5.91 Å². The first-order valence-electron chi connectivity index (χ1n) is 8.02. The summed E-state index contributed by atoms with van der Waals surface area (Å²) in [4.78, 5) is 17.5. The first kappa shape index (κ1) is 20.3. The van der Waals surface area contributed by atoms with Crippen LogP contribution in [0, 0.1) is 6.92 Å². The van der Waals surface area contributed by atoms with Crippen LogP contribution in [0.1, 0.15) is 18.1 Å². The molecule has 0 spiro atoms. The first-order valence-corrected chi connectivity index (χ1v) is 9.24. The van der Waals surface area contributed by atoms with Crippen LogP contribution in [0.5, 0.6) is 0 Å². The second-order valence-corrected chi connectivity index (χ2v) is 6.05. The Labute approximate surface area is 148 Å². The van der Waals surface area contributed by atoms with E-state index in [4.69, 9.17) is 4.74 Å². The zero-order valence-corrected chi connectivity index (χ0v) is 15.8. The van der Waals surface area contributed by atoms with Crippen molar-refractivity contribution >= 4 is 23.6 Å². The lowest BCUT2D eigenvalue weighted by Gasteiger charge is -2.12. The van der Waals surface area contributed by atoms with Gasteiger partial charge in [0.05, 0.1) is 19.7 Å². The zero-order valence-electron chi connectivity index (χ0n) is 14.9. The number of carbonyl (C=O) groups is 1. The molecule has 0 unspecified atom stereocenters. The monoisotopic (exact) mass is 352 g/mol. The van der Waals surface area contributed by atoms with Crippen molar-refractivity contribution in [3.05, 3.63) is 29.3 Å². The Kier molecular flexibility index (Phi) is 9.95. The minimum Gasteiger partial charge on any atom is -0.383 e. The summed E-state index contributed by atoms with van der Waals surface area (Å²) in [5, 5.41) is 8.96. The Bertz CT molecular complexity index is 549. The highest BCUT2D eigenvalue weighted by Crippen LogP contribution is 2.22. The van der Waals surface area contributed by atoms with Gasteiger partial charge in [-0.3, -0.25) is 4.79 Å². The summed E-state index contributed by atoms with van der Waals surface area (Å²) in [6.07, 6.45) is 2.07. The van der Waals surface area contributed by atoms with Crippen LogP contribution in [0.4, 0.5) is 0 Å². The van der Waals surface area contributed by atoms with Gasteiger partial charge in [0.1, 0.15) is 0 Å². The van der Waals surface area contributed by atoms with E-state index < -0.39 is 0 Å². The number of nitrogens with zero attached hydrogens (tertiary/aromatic N) is 1. The number of carbonyl (C=O) groups excluding carboxylic acids is 1. The van der Waals surface area contributed by atoms with E-state index >= 15 is 0 Å². The fourth-order valence-electron chi connectivity index (χ4n) is 2.01. The molecule has 0 radical (unpaired) electrons. The van der Waals surface area contributed by atoms with Crippen molar-refractivity contribution in [2.45, 2.75) is 25.3 Å². The van der Waals surface area contributed by atoms with Gasteiger partial charge in [0.15, 0.2) is 5.96 Å². The van der Waals surface area contributed by atoms with Crippen molar-refractivity contribution in [1.82, 2.24) is 16.0 Å². The van der Waals surface area contributed by atoms with Crippen molar-refractivity contribution in [2.24, 2.45) is 4.99 Å². The Balaban J connectivity index is 2.60. The molecule has 0 aliphatic heterocycles. The summed E-state index contributed by atoms with van der Waals surface area (Å²) >= 11 is 1.72. The van der Waals surface area contributed by atoms with Crippen LogP contribution in [0.25, 0.3) is 0 Å². The summed E-state index contributed by atoms with van der Waals surface area (Å²) < 4.78 is 4.90. The number of nitrogens with one attached hydrogen (secondary N) is 3. The minimum atomic E-state index is -0.0854. The molecular weight excluding hydrogens is 324 g/mol. The van der Waals surface area contributed by atoms with Crippen LogP contribution in [0.15, 0.2) is 28.1 Å². The van der Waals surface area contributed by atoms with Crippen LogP contribution in [-0.2, 0) is 16.1 Å². The number of aliphatic imine (C=N–C) groups is 1. The lowest BCUT2D eigenvalue weighted by Crippen LogP contribution is -2.43. The molecule has 1 aromatic rings. The third-order valence-corrected chi connectivity index (χ3v) is 4.06. The lowest BCUT2D eigenvalue weighted by atomic mass is 10.1. The molecule has 0 heterocycles. The third-order valence-electron chi connectivity index (χ3n) is 3.24. The van der Waals surface area contributed by atoms with Crippen molar-refractivity contribution in [2.75, 3.05) is 39.6 Å². The van der Waals surface area contributed by atoms with Crippen LogP contribution >= 0.6 is 11.8 Å². The van der Waals surface area contributed by atoms with E-state index in [1.165, 1.54) is 16.0 Å². The average Bonchev–Trinajstić information content (AvgIpc) is 2.58. The van der Waals surface area contributed by atoms with E-state index in [9.17, 15) is 4.79 Å². The molecular formula is C17H28N4O2S. The number of benzene rings is 1. The molecule has 7 heteroatoms. The van der Waals surface area contributed by atoms with E-state index in [-0.39, 0.29) is 12.5 Å². The van der Waals surface area contributed by atoms with Gasteiger partial charge >= 0.3 is 0 Å². The molecule has 0 saturated carbocycles. The number of amides is 1. The average molecular weight is 353 g/mol. The molecule has 0 aromatic heterocycles. The molecule has 1 aromatic carbocycles. The molecule has 3 N–H and O–H groups in total. The van der Waals surface area contributed by atoms with Gasteiger partial charge < -0.3 is 20.7 Å².